The van der Waals surface area contributed by atoms with Gasteiger partial charge in [-0.1, -0.05) is 5.16 Å². The zero-order valence-corrected chi connectivity index (χ0v) is 14.3. The summed E-state index contributed by atoms with van der Waals surface area (Å²) >= 11 is 1.80. The summed E-state index contributed by atoms with van der Waals surface area (Å²) in [7, 11) is 1.82. The highest BCUT2D eigenvalue weighted by molar-refractivity contribution is 7.14. The first-order valence-corrected chi connectivity index (χ1v) is 8.67. The average molecular weight is 334 g/mol. The van der Waals surface area contributed by atoms with E-state index in [9.17, 15) is 0 Å². The lowest BCUT2D eigenvalue weighted by atomic mass is 10.3. The van der Waals surface area contributed by atoms with Crippen LogP contribution in [-0.4, -0.2) is 60.8 Å². The summed E-state index contributed by atoms with van der Waals surface area (Å²) < 4.78 is 5.12. The maximum absolute atomic E-state index is 5.12. The number of nitrogens with zero attached hydrogens (tertiary/aromatic N) is 5. The first kappa shape index (κ1) is 15.8. The third-order valence-corrected chi connectivity index (χ3v) is 4.73. The van der Waals surface area contributed by atoms with Gasteiger partial charge in [-0.2, -0.15) is 4.98 Å². The van der Waals surface area contributed by atoms with Gasteiger partial charge in [0.15, 0.2) is 11.8 Å². The largest absolute Gasteiger partial charge is 0.360 e. The predicted molar refractivity (Wildman–Crippen MR) is 92.2 cm³/mol. The Morgan fingerprint density at radius 2 is 2.22 bits per heavy atom. The minimum atomic E-state index is 0.660. The molecule has 0 unspecified atom stereocenters. The second-order valence-electron chi connectivity index (χ2n) is 5.38. The van der Waals surface area contributed by atoms with Crippen LogP contribution in [-0.2, 0) is 6.42 Å². The molecule has 0 saturated carbocycles. The summed E-state index contributed by atoms with van der Waals surface area (Å²) in [5.74, 6) is 2.27. The van der Waals surface area contributed by atoms with Crippen LogP contribution in [0.3, 0.4) is 0 Å². The maximum Gasteiger partial charge on any atom is 0.228 e. The van der Waals surface area contributed by atoms with Crippen molar-refractivity contribution < 1.29 is 4.52 Å². The summed E-state index contributed by atoms with van der Waals surface area (Å²) in [6.07, 6.45) is 0.703. The van der Waals surface area contributed by atoms with Crippen LogP contribution < -0.4 is 10.2 Å². The molecule has 2 aromatic rings. The molecule has 124 valence electrons. The van der Waals surface area contributed by atoms with Crippen LogP contribution in [0.25, 0.3) is 0 Å². The van der Waals surface area contributed by atoms with Crippen LogP contribution in [0.1, 0.15) is 11.7 Å². The molecule has 23 heavy (non-hydrogen) atoms. The number of hydrogen-bond acceptors (Lipinski definition) is 6. The topological polar surface area (TPSA) is 69.8 Å². The lowest BCUT2D eigenvalue weighted by Crippen LogP contribution is -2.52. The van der Waals surface area contributed by atoms with E-state index in [0.717, 1.165) is 38.7 Å². The number of piperazine rings is 1. The minimum absolute atomic E-state index is 0.660. The predicted octanol–water partition coefficient (Wildman–Crippen LogP) is 1.38. The number of thiophene rings is 1. The quantitative estimate of drug-likeness (QED) is 0.673. The zero-order chi connectivity index (χ0) is 16.1. The van der Waals surface area contributed by atoms with Crippen molar-refractivity contribution in [3.05, 3.63) is 29.2 Å². The molecule has 1 aliphatic heterocycles. The summed E-state index contributed by atoms with van der Waals surface area (Å²) in [5.41, 5.74) is 0. The molecular weight excluding hydrogens is 312 g/mol. The SMILES string of the molecule is CN=C(NCCc1nc(C)no1)N1CCN(c2cccs2)CC1. The monoisotopic (exact) mass is 334 g/mol. The average Bonchev–Trinajstić information content (AvgIpc) is 3.24. The van der Waals surface area contributed by atoms with Crippen LogP contribution in [0.5, 0.6) is 0 Å². The number of rotatable bonds is 4. The van der Waals surface area contributed by atoms with Gasteiger partial charge in [-0.3, -0.25) is 4.99 Å². The number of nitrogens with one attached hydrogen (secondary N) is 1. The van der Waals surface area contributed by atoms with Gasteiger partial charge in [-0.05, 0) is 24.4 Å². The van der Waals surface area contributed by atoms with Crippen molar-refractivity contribution in [3.63, 3.8) is 0 Å². The molecule has 8 heteroatoms. The van der Waals surface area contributed by atoms with Crippen LogP contribution in [0.15, 0.2) is 27.0 Å². The van der Waals surface area contributed by atoms with Gasteiger partial charge in [0.2, 0.25) is 5.89 Å². The smallest absolute Gasteiger partial charge is 0.228 e. The van der Waals surface area contributed by atoms with E-state index in [4.69, 9.17) is 4.52 Å². The highest BCUT2D eigenvalue weighted by Crippen LogP contribution is 2.22. The Bertz CT molecular complexity index is 630. The molecule has 1 aliphatic rings. The van der Waals surface area contributed by atoms with Crippen molar-refractivity contribution in [2.75, 3.05) is 44.7 Å². The van der Waals surface area contributed by atoms with Crippen molar-refractivity contribution in [2.24, 2.45) is 4.99 Å². The molecule has 0 spiro atoms. The zero-order valence-electron chi connectivity index (χ0n) is 13.5. The standard InChI is InChI=1S/C15H22N6OS/c1-12-18-13(22-19-12)5-6-17-15(16-2)21-9-7-20(8-10-21)14-4-3-11-23-14/h3-4,11H,5-10H2,1-2H3,(H,16,17). The molecule has 0 aliphatic carbocycles. The summed E-state index contributed by atoms with van der Waals surface area (Å²) in [5, 5.41) is 10.6. The Morgan fingerprint density at radius 3 is 2.83 bits per heavy atom. The fourth-order valence-electron chi connectivity index (χ4n) is 2.64. The lowest BCUT2D eigenvalue weighted by Gasteiger charge is -2.37. The van der Waals surface area contributed by atoms with Gasteiger partial charge in [-0.25, -0.2) is 0 Å². The van der Waals surface area contributed by atoms with Crippen LogP contribution in [0.4, 0.5) is 5.00 Å². The van der Waals surface area contributed by atoms with Crippen LogP contribution in [0, 0.1) is 6.92 Å². The highest BCUT2D eigenvalue weighted by atomic mass is 32.1. The van der Waals surface area contributed by atoms with Crippen molar-refractivity contribution in [2.45, 2.75) is 13.3 Å². The molecule has 0 atom stereocenters. The Hall–Kier alpha value is -2.09. The number of aryl methyl sites for hydroxylation is 1. The van der Waals surface area contributed by atoms with Crippen molar-refractivity contribution in [3.8, 4) is 0 Å². The van der Waals surface area contributed by atoms with Gasteiger partial charge in [0, 0.05) is 46.2 Å². The van der Waals surface area contributed by atoms with Gasteiger partial charge in [0.25, 0.3) is 0 Å². The van der Waals surface area contributed by atoms with Gasteiger partial charge in [-0.15, -0.1) is 11.3 Å². The second-order valence-corrected chi connectivity index (χ2v) is 6.31. The second kappa shape index (κ2) is 7.45. The minimum Gasteiger partial charge on any atom is -0.360 e. The summed E-state index contributed by atoms with van der Waals surface area (Å²) in [6, 6.07) is 4.28. The van der Waals surface area contributed by atoms with E-state index in [-0.39, 0.29) is 0 Å². The Kier molecular flexibility index (Phi) is 5.12. The first-order valence-electron chi connectivity index (χ1n) is 7.79. The highest BCUT2D eigenvalue weighted by Gasteiger charge is 2.20. The van der Waals surface area contributed by atoms with Gasteiger partial charge in [0.05, 0.1) is 5.00 Å². The Labute approximate surface area is 140 Å². The molecule has 1 fully saturated rings. The number of anilines is 1. The van der Waals surface area contributed by atoms with E-state index in [1.807, 2.05) is 14.0 Å². The van der Waals surface area contributed by atoms with Crippen LogP contribution >= 0.6 is 11.3 Å². The third-order valence-electron chi connectivity index (χ3n) is 3.80. The lowest BCUT2D eigenvalue weighted by molar-refractivity contribution is 0.364. The van der Waals surface area contributed by atoms with Crippen LogP contribution in [0.2, 0.25) is 0 Å². The molecule has 3 heterocycles. The molecule has 7 nitrogen and oxygen atoms in total. The van der Waals surface area contributed by atoms with E-state index in [1.54, 1.807) is 11.3 Å². The summed E-state index contributed by atoms with van der Waals surface area (Å²) in [4.78, 5) is 13.3. The third kappa shape index (κ3) is 4.01. The molecule has 2 aromatic heterocycles. The van der Waals surface area contributed by atoms with Crippen molar-refractivity contribution >= 4 is 22.3 Å². The van der Waals surface area contributed by atoms with Crippen molar-refractivity contribution in [1.82, 2.24) is 20.4 Å². The molecule has 1 N–H and O–H groups in total. The van der Waals surface area contributed by atoms with E-state index in [1.165, 1.54) is 5.00 Å². The number of hydrogen-bond donors (Lipinski definition) is 1. The van der Waals surface area contributed by atoms with E-state index in [2.05, 4.69) is 47.8 Å². The van der Waals surface area contributed by atoms with Gasteiger partial charge in [0.1, 0.15) is 0 Å². The van der Waals surface area contributed by atoms with E-state index >= 15 is 0 Å². The molecular formula is C15H22N6OS. The molecule has 1 saturated heterocycles. The molecule has 0 amide bonds. The van der Waals surface area contributed by atoms with Gasteiger partial charge < -0.3 is 19.6 Å². The molecule has 0 aromatic carbocycles. The number of aromatic nitrogens is 2. The Morgan fingerprint density at radius 1 is 1.39 bits per heavy atom. The maximum atomic E-state index is 5.12. The summed E-state index contributed by atoms with van der Waals surface area (Å²) in [6.45, 7) is 6.54. The van der Waals surface area contributed by atoms with E-state index < -0.39 is 0 Å². The molecule has 0 bridgehead atoms. The van der Waals surface area contributed by atoms with E-state index in [0.29, 0.717) is 18.1 Å². The molecule has 0 radical (unpaired) electrons. The first-order chi connectivity index (χ1) is 11.3. The fraction of sp³-hybridized carbons (Fsp3) is 0.533. The van der Waals surface area contributed by atoms with Gasteiger partial charge >= 0.3 is 0 Å². The number of aliphatic imine (C=N–C) groups is 1. The Balaban J connectivity index is 1.46. The molecule has 3 rings (SSSR count). The fourth-order valence-corrected chi connectivity index (χ4v) is 3.43. The van der Waals surface area contributed by atoms with Crippen molar-refractivity contribution in [1.29, 1.82) is 0 Å². The number of guanidine groups is 1. The normalized spacial score (nSPS) is 16.0.